The third kappa shape index (κ3) is 2.98. The van der Waals surface area contributed by atoms with E-state index < -0.39 is 5.91 Å². The Morgan fingerprint density at radius 2 is 2.17 bits per heavy atom. The second-order valence-corrected chi connectivity index (χ2v) is 5.46. The molecule has 3 rings (SSSR count). The van der Waals surface area contributed by atoms with Crippen LogP contribution in [-0.2, 0) is 0 Å². The molecule has 0 aromatic carbocycles. The average Bonchev–Trinajstić information content (AvgIpc) is 2.99. The summed E-state index contributed by atoms with van der Waals surface area (Å²) in [5.41, 5.74) is 1.21. The smallest absolute Gasteiger partial charge is 0.270 e. The van der Waals surface area contributed by atoms with Gasteiger partial charge in [-0.15, -0.1) is 0 Å². The van der Waals surface area contributed by atoms with E-state index in [1.807, 2.05) is 20.0 Å². The van der Waals surface area contributed by atoms with Crippen LogP contribution in [-0.4, -0.2) is 31.6 Å². The maximum atomic E-state index is 12.3. The first kappa shape index (κ1) is 15.0. The van der Waals surface area contributed by atoms with Gasteiger partial charge in [0.25, 0.3) is 11.5 Å². The average molecular weight is 311 g/mol. The molecule has 0 fully saturated rings. The van der Waals surface area contributed by atoms with Crippen molar-refractivity contribution < 1.29 is 4.79 Å². The number of rotatable bonds is 4. The fourth-order valence-electron chi connectivity index (χ4n) is 2.29. The topological polar surface area (TPSA) is 81.3 Å². The second-order valence-electron chi connectivity index (χ2n) is 5.46. The molecule has 3 heterocycles. The predicted octanol–water partition coefficient (Wildman–Crippen LogP) is 1.19. The number of aryl methyl sites for hydroxylation is 1. The number of carbonyl (C=O) groups is 1. The van der Waals surface area contributed by atoms with E-state index in [1.165, 1.54) is 10.6 Å². The molecule has 0 aliphatic rings. The van der Waals surface area contributed by atoms with E-state index in [1.54, 1.807) is 35.3 Å². The Hall–Kier alpha value is -2.96. The molecule has 0 unspecified atom stereocenters. The summed E-state index contributed by atoms with van der Waals surface area (Å²) >= 11 is 0. The van der Waals surface area contributed by atoms with Crippen LogP contribution in [0.4, 0.5) is 0 Å². The van der Waals surface area contributed by atoms with Crippen molar-refractivity contribution in [2.45, 2.75) is 19.9 Å². The van der Waals surface area contributed by atoms with E-state index in [4.69, 9.17) is 0 Å². The van der Waals surface area contributed by atoms with Crippen LogP contribution in [0.25, 0.3) is 5.65 Å². The van der Waals surface area contributed by atoms with Crippen molar-refractivity contribution in [1.82, 2.24) is 24.5 Å². The maximum Gasteiger partial charge on any atom is 0.270 e. The molecule has 3 aromatic heterocycles. The number of hydrogen-bond donors (Lipinski definition) is 1. The lowest BCUT2D eigenvalue weighted by atomic mass is 10.2. The van der Waals surface area contributed by atoms with E-state index in [0.29, 0.717) is 12.2 Å². The quantitative estimate of drug-likeness (QED) is 0.785. The zero-order chi connectivity index (χ0) is 16.4. The number of nitrogens with one attached hydrogen (secondary N) is 1. The third-order valence-corrected chi connectivity index (χ3v) is 3.60. The van der Waals surface area contributed by atoms with Gasteiger partial charge in [-0.05, 0) is 31.5 Å². The van der Waals surface area contributed by atoms with Crippen LogP contribution in [0, 0.1) is 6.92 Å². The molecule has 0 radical (unpaired) electrons. The van der Waals surface area contributed by atoms with Crippen LogP contribution >= 0.6 is 0 Å². The minimum atomic E-state index is -0.434. The summed E-state index contributed by atoms with van der Waals surface area (Å²) < 4.78 is 3.14. The van der Waals surface area contributed by atoms with Crippen molar-refractivity contribution >= 4 is 11.6 Å². The van der Waals surface area contributed by atoms with Gasteiger partial charge in [-0.3, -0.25) is 18.7 Å². The highest BCUT2D eigenvalue weighted by molar-refractivity contribution is 5.93. The van der Waals surface area contributed by atoms with Gasteiger partial charge in [-0.25, -0.2) is 4.98 Å². The first-order chi connectivity index (χ1) is 11.1. The zero-order valence-corrected chi connectivity index (χ0v) is 12.9. The molecule has 0 aliphatic carbocycles. The molecular weight excluding hydrogens is 294 g/mol. The van der Waals surface area contributed by atoms with Crippen LogP contribution in [0.15, 0.2) is 47.8 Å². The van der Waals surface area contributed by atoms with Crippen molar-refractivity contribution in [2.24, 2.45) is 0 Å². The number of pyridine rings is 1. The van der Waals surface area contributed by atoms with Crippen molar-refractivity contribution in [3.05, 3.63) is 64.5 Å². The minimum absolute atomic E-state index is 0.0104. The van der Waals surface area contributed by atoms with Gasteiger partial charge >= 0.3 is 0 Å². The van der Waals surface area contributed by atoms with Gasteiger partial charge in [0, 0.05) is 25.1 Å². The number of hydrogen-bond acceptors (Lipinski definition) is 4. The van der Waals surface area contributed by atoms with Crippen LogP contribution in [0.5, 0.6) is 0 Å². The highest BCUT2D eigenvalue weighted by atomic mass is 16.2. The lowest BCUT2D eigenvalue weighted by Crippen LogP contribution is -2.34. The first-order valence-electron chi connectivity index (χ1n) is 7.31. The number of fused-ring (bicyclic) bond motifs is 1. The molecule has 0 aliphatic heterocycles. The lowest BCUT2D eigenvalue weighted by Gasteiger charge is -2.13. The van der Waals surface area contributed by atoms with Crippen molar-refractivity contribution in [3.8, 4) is 0 Å². The predicted molar refractivity (Wildman–Crippen MR) is 85.5 cm³/mol. The van der Waals surface area contributed by atoms with Gasteiger partial charge in [0.15, 0.2) is 0 Å². The minimum Gasteiger partial charge on any atom is -0.350 e. The van der Waals surface area contributed by atoms with Gasteiger partial charge < -0.3 is 5.32 Å². The monoisotopic (exact) mass is 311 g/mol. The second kappa shape index (κ2) is 6.04. The van der Waals surface area contributed by atoms with Gasteiger partial charge in [0.05, 0.1) is 12.2 Å². The normalized spacial score (nSPS) is 12.3. The number of nitrogens with zero attached hydrogens (tertiary/aromatic N) is 4. The van der Waals surface area contributed by atoms with Crippen molar-refractivity contribution in [2.75, 3.05) is 6.54 Å². The van der Waals surface area contributed by atoms with Crippen LogP contribution < -0.4 is 10.9 Å². The molecule has 7 heteroatoms. The van der Waals surface area contributed by atoms with Gasteiger partial charge in [-0.2, -0.15) is 5.10 Å². The number of amides is 1. The Kier molecular flexibility index (Phi) is 3.92. The maximum absolute atomic E-state index is 12.3. The lowest BCUT2D eigenvalue weighted by molar-refractivity contribution is 0.0946. The number of carbonyl (C=O) groups excluding carboxylic acids is 1. The molecule has 3 aromatic rings. The fourth-order valence-corrected chi connectivity index (χ4v) is 2.29. The largest absolute Gasteiger partial charge is 0.350 e. The fraction of sp³-hybridized carbons (Fsp3) is 0.250. The summed E-state index contributed by atoms with van der Waals surface area (Å²) in [5.74, 6) is -0.434. The molecule has 0 spiro atoms. The Labute approximate surface area is 132 Å². The van der Waals surface area contributed by atoms with Crippen molar-refractivity contribution in [3.63, 3.8) is 0 Å². The Balaban J connectivity index is 1.76. The summed E-state index contributed by atoms with van der Waals surface area (Å²) in [7, 11) is 0. The van der Waals surface area contributed by atoms with E-state index in [-0.39, 0.29) is 17.2 Å². The van der Waals surface area contributed by atoms with E-state index in [9.17, 15) is 9.59 Å². The van der Waals surface area contributed by atoms with Gasteiger partial charge in [0.2, 0.25) is 0 Å². The molecule has 23 heavy (non-hydrogen) atoms. The van der Waals surface area contributed by atoms with E-state index in [0.717, 1.165) is 5.56 Å². The molecule has 0 bridgehead atoms. The summed E-state index contributed by atoms with van der Waals surface area (Å²) in [6.45, 7) is 4.27. The molecule has 1 atom stereocenters. The van der Waals surface area contributed by atoms with Gasteiger partial charge in [-0.1, -0.05) is 6.07 Å². The molecule has 1 amide bonds. The molecule has 0 saturated heterocycles. The summed E-state index contributed by atoms with van der Waals surface area (Å²) in [5, 5.41) is 6.97. The van der Waals surface area contributed by atoms with E-state index >= 15 is 0 Å². The van der Waals surface area contributed by atoms with Crippen molar-refractivity contribution in [1.29, 1.82) is 0 Å². The molecule has 7 nitrogen and oxygen atoms in total. The zero-order valence-electron chi connectivity index (χ0n) is 12.9. The Morgan fingerprint density at radius 3 is 2.91 bits per heavy atom. The number of aromatic nitrogens is 4. The molecule has 0 saturated carbocycles. The summed E-state index contributed by atoms with van der Waals surface area (Å²) in [6, 6.07) is 5.21. The van der Waals surface area contributed by atoms with Crippen LogP contribution in [0.2, 0.25) is 0 Å². The molecule has 118 valence electrons. The Bertz CT molecular complexity index is 912. The first-order valence-corrected chi connectivity index (χ1v) is 7.31. The van der Waals surface area contributed by atoms with Gasteiger partial charge in [0.1, 0.15) is 11.2 Å². The van der Waals surface area contributed by atoms with Crippen LogP contribution in [0.3, 0.4) is 0 Å². The van der Waals surface area contributed by atoms with Crippen LogP contribution in [0.1, 0.15) is 28.9 Å². The highest BCUT2D eigenvalue weighted by Crippen LogP contribution is 2.05. The third-order valence-electron chi connectivity index (χ3n) is 3.60. The summed E-state index contributed by atoms with van der Waals surface area (Å²) in [4.78, 5) is 28.7. The van der Waals surface area contributed by atoms with E-state index in [2.05, 4.69) is 15.4 Å². The molecule has 1 N–H and O–H groups in total. The standard InChI is InChI=1S/C16H17N5O2/c1-11-7-19-21(10-11)12(2)8-18-15(22)13-9-17-14-5-3-4-6-20(14)16(13)23/h3-7,9-10,12H,8H2,1-2H3,(H,18,22)/t12-/m0/s1. The SMILES string of the molecule is Cc1cnn([C@@H](C)CNC(=O)c2cnc3ccccn3c2=O)c1. The molecular formula is C16H17N5O2. The summed E-state index contributed by atoms with van der Waals surface area (Å²) in [6.07, 6.45) is 6.58. The Morgan fingerprint density at radius 1 is 1.35 bits per heavy atom. The highest BCUT2D eigenvalue weighted by Gasteiger charge is 2.14.